The van der Waals surface area contributed by atoms with Crippen molar-refractivity contribution in [2.45, 2.75) is 12.5 Å². The number of aliphatic carboxylic acids is 1. The first-order valence-corrected chi connectivity index (χ1v) is 6.51. The Morgan fingerprint density at radius 1 is 1.50 bits per heavy atom. The minimum atomic E-state index is -1.03. The highest BCUT2D eigenvalue weighted by atomic mass is 35.5. The third-order valence-electron chi connectivity index (χ3n) is 2.40. The van der Waals surface area contributed by atoms with Gasteiger partial charge in [0, 0.05) is 17.4 Å². The summed E-state index contributed by atoms with van der Waals surface area (Å²) in [5, 5.41) is 11.9. The largest absolute Gasteiger partial charge is 0.480 e. The van der Waals surface area contributed by atoms with Crippen molar-refractivity contribution in [1.29, 1.82) is 0 Å². The van der Waals surface area contributed by atoms with Crippen LogP contribution in [0.1, 0.15) is 5.69 Å². The quantitative estimate of drug-likeness (QED) is 0.903. The molecule has 0 unspecified atom stereocenters. The molecule has 0 radical (unpaired) electrons. The summed E-state index contributed by atoms with van der Waals surface area (Å²) < 4.78 is 0. The zero-order valence-electron chi connectivity index (χ0n) is 9.34. The van der Waals surface area contributed by atoms with E-state index in [-0.39, 0.29) is 6.42 Å². The lowest BCUT2D eigenvalue weighted by Crippen LogP contribution is -2.32. The minimum Gasteiger partial charge on any atom is -0.480 e. The van der Waals surface area contributed by atoms with Crippen LogP contribution in [0.15, 0.2) is 29.6 Å². The van der Waals surface area contributed by atoms with Crippen molar-refractivity contribution in [2.75, 3.05) is 0 Å². The van der Waals surface area contributed by atoms with Gasteiger partial charge in [-0.15, -0.1) is 11.3 Å². The van der Waals surface area contributed by atoms with Gasteiger partial charge in [0.05, 0.1) is 10.7 Å². The lowest BCUT2D eigenvalue weighted by Gasteiger charge is -2.02. The van der Waals surface area contributed by atoms with Crippen LogP contribution in [-0.2, 0) is 11.2 Å². The van der Waals surface area contributed by atoms with E-state index in [4.69, 9.17) is 22.4 Å². The van der Waals surface area contributed by atoms with Crippen LogP contribution in [0.2, 0.25) is 5.02 Å². The summed E-state index contributed by atoms with van der Waals surface area (Å²) in [6.07, 6.45) is 0.219. The van der Waals surface area contributed by atoms with E-state index in [9.17, 15) is 4.79 Å². The fourth-order valence-corrected chi connectivity index (χ4v) is 2.62. The maximum atomic E-state index is 10.7. The van der Waals surface area contributed by atoms with Crippen LogP contribution in [0.3, 0.4) is 0 Å². The number of hydrogen-bond acceptors (Lipinski definition) is 4. The lowest BCUT2D eigenvalue weighted by molar-refractivity contribution is -0.138. The van der Waals surface area contributed by atoms with Gasteiger partial charge in [0.1, 0.15) is 11.0 Å². The van der Waals surface area contributed by atoms with Crippen molar-refractivity contribution in [2.24, 2.45) is 5.73 Å². The molecule has 0 aliphatic rings. The van der Waals surface area contributed by atoms with Crippen LogP contribution in [-0.4, -0.2) is 22.1 Å². The van der Waals surface area contributed by atoms with Crippen molar-refractivity contribution < 1.29 is 9.90 Å². The van der Waals surface area contributed by atoms with Gasteiger partial charge in [-0.05, 0) is 6.07 Å². The second kappa shape index (κ2) is 5.48. The summed E-state index contributed by atoms with van der Waals surface area (Å²) in [5.41, 5.74) is 6.98. The number of aromatic nitrogens is 1. The molecular weight excluding hydrogens is 272 g/mol. The number of thiazole rings is 1. The Bertz CT molecular complexity index is 571. The maximum Gasteiger partial charge on any atom is 0.320 e. The average Bonchev–Trinajstić information content (AvgIpc) is 2.77. The summed E-state index contributed by atoms with van der Waals surface area (Å²) in [6, 6.07) is 6.47. The summed E-state index contributed by atoms with van der Waals surface area (Å²) in [7, 11) is 0. The Labute approximate surface area is 113 Å². The van der Waals surface area contributed by atoms with Gasteiger partial charge >= 0.3 is 5.97 Å². The number of nitrogens with two attached hydrogens (primary N) is 1. The van der Waals surface area contributed by atoms with Crippen LogP contribution in [0.25, 0.3) is 10.6 Å². The smallest absolute Gasteiger partial charge is 0.320 e. The van der Waals surface area contributed by atoms with Crippen molar-refractivity contribution in [1.82, 2.24) is 4.98 Å². The van der Waals surface area contributed by atoms with Gasteiger partial charge in [-0.2, -0.15) is 0 Å². The lowest BCUT2D eigenvalue weighted by atomic mass is 10.2. The molecule has 2 rings (SSSR count). The van der Waals surface area contributed by atoms with E-state index in [1.165, 1.54) is 11.3 Å². The van der Waals surface area contributed by atoms with E-state index in [0.29, 0.717) is 10.7 Å². The van der Waals surface area contributed by atoms with Crippen LogP contribution in [0, 0.1) is 0 Å². The molecule has 4 nitrogen and oxygen atoms in total. The molecule has 0 aliphatic heterocycles. The van der Waals surface area contributed by atoms with E-state index in [2.05, 4.69) is 4.98 Å². The number of benzene rings is 1. The molecule has 0 spiro atoms. The van der Waals surface area contributed by atoms with Gasteiger partial charge in [-0.1, -0.05) is 29.8 Å². The molecule has 1 heterocycles. The first-order chi connectivity index (χ1) is 8.58. The number of rotatable bonds is 4. The molecule has 1 aromatic heterocycles. The standard InChI is InChI=1S/C12H11ClN2O2S/c13-9-4-2-1-3-8(9)11-15-7(6-18-11)5-10(14)12(16)17/h1-4,6,10H,5,14H2,(H,16,17)/t10-/m0/s1. The number of nitrogens with zero attached hydrogens (tertiary/aromatic N) is 1. The molecule has 0 aliphatic carbocycles. The fourth-order valence-electron chi connectivity index (χ4n) is 1.47. The Kier molecular flexibility index (Phi) is 3.96. The summed E-state index contributed by atoms with van der Waals surface area (Å²) >= 11 is 7.50. The molecule has 0 amide bonds. The van der Waals surface area contributed by atoms with E-state index in [1.54, 1.807) is 6.07 Å². The normalized spacial score (nSPS) is 12.3. The highest BCUT2D eigenvalue weighted by Crippen LogP contribution is 2.30. The maximum absolute atomic E-state index is 10.7. The summed E-state index contributed by atoms with van der Waals surface area (Å²) in [5.74, 6) is -1.03. The second-order valence-corrected chi connectivity index (χ2v) is 5.04. The fraction of sp³-hybridized carbons (Fsp3) is 0.167. The monoisotopic (exact) mass is 282 g/mol. The average molecular weight is 283 g/mol. The molecule has 0 fully saturated rings. The Morgan fingerprint density at radius 3 is 2.89 bits per heavy atom. The van der Waals surface area contributed by atoms with Gasteiger partial charge in [0.15, 0.2) is 0 Å². The molecule has 1 atom stereocenters. The Hall–Kier alpha value is -1.43. The predicted molar refractivity (Wildman–Crippen MR) is 71.9 cm³/mol. The predicted octanol–water partition coefficient (Wildman–Crippen LogP) is 2.42. The molecule has 94 valence electrons. The van der Waals surface area contributed by atoms with Gasteiger partial charge < -0.3 is 10.8 Å². The number of carbonyl (C=O) groups is 1. The first-order valence-electron chi connectivity index (χ1n) is 5.25. The Balaban J connectivity index is 2.21. The van der Waals surface area contributed by atoms with E-state index in [0.717, 1.165) is 10.6 Å². The highest BCUT2D eigenvalue weighted by molar-refractivity contribution is 7.13. The molecule has 1 aromatic carbocycles. The number of carboxylic acids is 1. The van der Waals surface area contributed by atoms with Crippen molar-refractivity contribution >= 4 is 28.9 Å². The molecule has 0 saturated carbocycles. The zero-order chi connectivity index (χ0) is 13.1. The van der Waals surface area contributed by atoms with Gasteiger partial charge in [-0.25, -0.2) is 4.98 Å². The first kappa shape index (κ1) is 13.0. The molecular formula is C12H11ClN2O2S. The molecule has 18 heavy (non-hydrogen) atoms. The van der Waals surface area contributed by atoms with Gasteiger partial charge in [-0.3, -0.25) is 4.79 Å². The van der Waals surface area contributed by atoms with Crippen LogP contribution in [0.4, 0.5) is 0 Å². The van der Waals surface area contributed by atoms with E-state index < -0.39 is 12.0 Å². The summed E-state index contributed by atoms with van der Waals surface area (Å²) in [6.45, 7) is 0. The van der Waals surface area contributed by atoms with Crippen molar-refractivity contribution in [3.63, 3.8) is 0 Å². The van der Waals surface area contributed by atoms with Crippen molar-refractivity contribution in [3.8, 4) is 10.6 Å². The SMILES string of the molecule is N[C@@H](Cc1csc(-c2ccccc2Cl)n1)C(=O)O. The van der Waals surface area contributed by atoms with Crippen molar-refractivity contribution in [3.05, 3.63) is 40.4 Å². The van der Waals surface area contributed by atoms with Gasteiger partial charge in [0.25, 0.3) is 0 Å². The molecule has 0 saturated heterocycles. The van der Waals surface area contributed by atoms with Gasteiger partial charge in [0.2, 0.25) is 0 Å². The van der Waals surface area contributed by atoms with Crippen LogP contribution >= 0.6 is 22.9 Å². The molecule has 2 aromatic rings. The highest BCUT2D eigenvalue weighted by Gasteiger charge is 2.15. The molecule has 3 N–H and O–H groups in total. The third-order valence-corrected chi connectivity index (χ3v) is 3.66. The second-order valence-electron chi connectivity index (χ2n) is 3.77. The molecule has 6 heteroatoms. The number of halogens is 1. The van der Waals surface area contributed by atoms with E-state index in [1.807, 2.05) is 23.6 Å². The van der Waals surface area contributed by atoms with E-state index >= 15 is 0 Å². The zero-order valence-corrected chi connectivity index (χ0v) is 10.9. The third kappa shape index (κ3) is 2.87. The topological polar surface area (TPSA) is 76.2 Å². The summed E-state index contributed by atoms with van der Waals surface area (Å²) in [4.78, 5) is 15.0. The van der Waals surface area contributed by atoms with Crippen LogP contribution in [0.5, 0.6) is 0 Å². The minimum absolute atomic E-state index is 0.219. The number of carboxylic acid groups (broad SMARTS) is 1. The van der Waals surface area contributed by atoms with Crippen LogP contribution < -0.4 is 5.73 Å². The number of hydrogen-bond donors (Lipinski definition) is 2. The molecule has 0 bridgehead atoms. The Morgan fingerprint density at radius 2 is 2.22 bits per heavy atom.